The molecule has 1 aliphatic carbocycles. The largest absolute Gasteiger partial charge is 0.450 e. The molecule has 0 radical (unpaired) electrons. The second-order valence-corrected chi connectivity index (χ2v) is 3.79. The third kappa shape index (κ3) is 1.91. The lowest BCUT2D eigenvalue weighted by Crippen LogP contribution is -2.09. The van der Waals surface area contributed by atoms with Crippen LogP contribution < -0.4 is 0 Å². The molecule has 0 fully saturated rings. The molecule has 0 N–H and O–H groups in total. The zero-order valence-electron chi connectivity index (χ0n) is 9.44. The molecular weight excluding hydrogens is 200 g/mol. The van der Waals surface area contributed by atoms with E-state index in [4.69, 9.17) is 4.74 Å². The molecule has 0 saturated heterocycles. The maximum Gasteiger partial charge on any atom is 0.334 e. The summed E-state index contributed by atoms with van der Waals surface area (Å²) in [5.41, 5.74) is 2.82. The fraction of sp³-hybridized carbons (Fsp3) is 0.214. The number of carbonyl (C=O) groups excluding carboxylic acids is 1. The van der Waals surface area contributed by atoms with Gasteiger partial charge in [-0.2, -0.15) is 0 Å². The average Bonchev–Trinajstić information content (AvgIpc) is 2.72. The molecule has 1 aliphatic rings. The van der Waals surface area contributed by atoms with Crippen molar-refractivity contribution in [3.8, 4) is 0 Å². The first kappa shape index (κ1) is 10.7. The highest BCUT2D eigenvalue weighted by molar-refractivity contribution is 5.88. The summed E-state index contributed by atoms with van der Waals surface area (Å²) in [5, 5.41) is 0. The van der Waals surface area contributed by atoms with Crippen LogP contribution in [-0.4, -0.2) is 5.97 Å². The van der Waals surface area contributed by atoms with E-state index in [1.807, 2.05) is 43.3 Å². The summed E-state index contributed by atoms with van der Waals surface area (Å²) in [7, 11) is 0. The van der Waals surface area contributed by atoms with E-state index in [0.29, 0.717) is 5.57 Å². The number of esters is 1. The predicted molar refractivity (Wildman–Crippen MR) is 63.7 cm³/mol. The highest BCUT2D eigenvalue weighted by Gasteiger charge is 2.20. The summed E-state index contributed by atoms with van der Waals surface area (Å²) in [6.07, 6.45) is 5.41. The van der Waals surface area contributed by atoms with Crippen LogP contribution in [0.4, 0.5) is 0 Å². The fourth-order valence-corrected chi connectivity index (χ4v) is 1.65. The van der Waals surface area contributed by atoms with Crippen molar-refractivity contribution in [2.45, 2.75) is 20.0 Å². The molecule has 82 valence electrons. The van der Waals surface area contributed by atoms with E-state index in [1.165, 1.54) is 0 Å². The molecule has 0 aliphatic heterocycles. The van der Waals surface area contributed by atoms with E-state index >= 15 is 0 Å². The third-order valence-electron chi connectivity index (χ3n) is 2.74. The summed E-state index contributed by atoms with van der Waals surface area (Å²) in [6.45, 7) is 3.59. The number of hydrogen-bond donors (Lipinski definition) is 0. The van der Waals surface area contributed by atoms with Crippen LogP contribution in [0.1, 0.15) is 31.1 Å². The molecule has 16 heavy (non-hydrogen) atoms. The van der Waals surface area contributed by atoms with Gasteiger partial charge >= 0.3 is 5.97 Å². The van der Waals surface area contributed by atoms with Crippen LogP contribution in [0.5, 0.6) is 0 Å². The molecule has 0 heterocycles. The Balaban J connectivity index is 2.15. The number of benzene rings is 1. The van der Waals surface area contributed by atoms with Crippen molar-refractivity contribution in [1.29, 1.82) is 0 Å². The highest BCUT2D eigenvalue weighted by Crippen LogP contribution is 2.31. The van der Waals surface area contributed by atoms with Gasteiger partial charge in [-0.05, 0) is 25.5 Å². The van der Waals surface area contributed by atoms with Gasteiger partial charge in [0.25, 0.3) is 0 Å². The molecule has 1 aromatic rings. The Hall–Kier alpha value is -1.83. The van der Waals surface area contributed by atoms with Gasteiger partial charge in [0.15, 0.2) is 0 Å². The minimum atomic E-state index is -0.256. The molecule has 0 aromatic heterocycles. The van der Waals surface area contributed by atoms with Crippen molar-refractivity contribution in [3.05, 3.63) is 53.1 Å². The second kappa shape index (κ2) is 4.35. The van der Waals surface area contributed by atoms with E-state index < -0.39 is 0 Å². The molecule has 2 nitrogen and oxygen atoms in total. The number of ether oxygens (including phenoxy) is 1. The first-order valence-electron chi connectivity index (χ1n) is 5.33. The van der Waals surface area contributed by atoms with Gasteiger partial charge in [0, 0.05) is 11.1 Å². The lowest BCUT2D eigenvalue weighted by Gasteiger charge is -2.12. The van der Waals surface area contributed by atoms with Gasteiger partial charge in [-0.15, -0.1) is 0 Å². The highest BCUT2D eigenvalue weighted by atomic mass is 16.5. The SMILES string of the molecule is C/C=C(\C)C(=O)OC1C=Cc2ccccc21. The maximum atomic E-state index is 11.6. The van der Waals surface area contributed by atoms with Crippen molar-refractivity contribution in [2.75, 3.05) is 0 Å². The lowest BCUT2D eigenvalue weighted by molar-refractivity contribution is -0.142. The zero-order chi connectivity index (χ0) is 11.5. The van der Waals surface area contributed by atoms with Crippen LogP contribution in [-0.2, 0) is 9.53 Å². The van der Waals surface area contributed by atoms with Gasteiger partial charge in [0.2, 0.25) is 0 Å². The van der Waals surface area contributed by atoms with E-state index in [0.717, 1.165) is 11.1 Å². The summed E-state index contributed by atoms with van der Waals surface area (Å²) >= 11 is 0. The first-order valence-corrected chi connectivity index (χ1v) is 5.33. The van der Waals surface area contributed by atoms with Gasteiger partial charge in [-0.25, -0.2) is 4.79 Å². The monoisotopic (exact) mass is 214 g/mol. The molecule has 0 saturated carbocycles. The number of rotatable bonds is 2. The Kier molecular flexibility index (Phi) is 2.91. The standard InChI is InChI=1S/C14H14O2/c1-3-10(2)14(15)16-13-9-8-11-6-4-5-7-12(11)13/h3-9,13H,1-2H3/b10-3+. The maximum absolute atomic E-state index is 11.6. The van der Waals surface area contributed by atoms with Crippen LogP contribution in [0.2, 0.25) is 0 Å². The van der Waals surface area contributed by atoms with Crippen molar-refractivity contribution in [2.24, 2.45) is 0 Å². The molecule has 0 spiro atoms. The number of allylic oxidation sites excluding steroid dienone is 1. The lowest BCUT2D eigenvalue weighted by atomic mass is 10.1. The average molecular weight is 214 g/mol. The summed E-state index contributed by atoms with van der Waals surface area (Å²) in [5.74, 6) is -0.256. The topological polar surface area (TPSA) is 26.3 Å². The normalized spacial score (nSPS) is 18.4. The number of carbonyl (C=O) groups is 1. The predicted octanol–water partition coefficient (Wildman–Crippen LogP) is 3.26. The molecule has 1 atom stereocenters. The number of fused-ring (bicyclic) bond motifs is 1. The molecule has 2 heteroatoms. The van der Waals surface area contributed by atoms with Crippen molar-refractivity contribution >= 4 is 12.0 Å². The fourth-order valence-electron chi connectivity index (χ4n) is 1.65. The minimum Gasteiger partial charge on any atom is -0.450 e. The Morgan fingerprint density at radius 2 is 2.12 bits per heavy atom. The van der Waals surface area contributed by atoms with Gasteiger partial charge in [0.05, 0.1) is 0 Å². The van der Waals surface area contributed by atoms with Crippen molar-refractivity contribution < 1.29 is 9.53 Å². The molecule has 2 rings (SSSR count). The van der Waals surface area contributed by atoms with Crippen LogP contribution in [0, 0.1) is 0 Å². The van der Waals surface area contributed by atoms with E-state index in [9.17, 15) is 4.79 Å². The second-order valence-electron chi connectivity index (χ2n) is 3.79. The van der Waals surface area contributed by atoms with Crippen molar-refractivity contribution in [1.82, 2.24) is 0 Å². The van der Waals surface area contributed by atoms with Gasteiger partial charge in [-0.1, -0.05) is 36.4 Å². The Morgan fingerprint density at radius 1 is 1.38 bits per heavy atom. The van der Waals surface area contributed by atoms with Gasteiger partial charge < -0.3 is 4.74 Å². The molecular formula is C14H14O2. The van der Waals surface area contributed by atoms with Crippen molar-refractivity contribution in [3.63, 3.8) is 0 Å². The molecule has 0 amide bonds. The quantitative estimate of drug-likeness (QED) is 0.558. The summed E-state index contributed by atoms with van der Waals surface area (Å²) in [4.78, 5) is 11.6. The Morgan fingerprint density at radius 3 is 2.88 bits per heavy atom. The summed E-state index contributed by atoms with van der Waals surface area (Å²) in [6, 6.07) is 7.93. The Bertz CT molecular complexity index is 469. The van der Waals surface area contributed by atoms with Crippen LogP contribution in [0.3, 0.4) is 0 Å². The minimum absolute atomic E-state index is 0.237. The van der Waals surface area contributed by atoms with E-state index in [1.54, 1.807) is 13.0 Å². The third-order valence-corrected chi connectivity index (χ3v) is 2.74. The van der Waals surface area contributed by atoms with Gasteiger partial charge in [-0.3, -0.25) is 0 Å². The summed E-state index contributed by atoms with van der Waals surface area (Å²) < 4.78 is 5.40. The van der Waals surface area contributed by atoms with Crippen LogP contribution >= 0.6 is 0 Å². The smallest absolute Gasteiger partial charge is 0.334 e. The number of hydrogen-bond acceptors (Lipinski definition) is 2. The van der Waals surface area contributed by atoms with Crippen LogP contribution in [0.25, 0.3) is 6.08 Å². The Labute approximate surface area is 95.2 Å². The molecule has 0 bridgehead atoms. The van der Waals surface area contributed by atoms with E-state index in [-0.39, 0.29) is 12.1 Å². The molecule has 1 aromatic carbocycles. The first-order chi connectivity index (χ1) is 7.72. The van der Waals surface area contributed by atoms with Gasteiger partial charge in [0.1, 0.15) is 6.10 Å². The zero-order valence-corrected chi connectivity index (χ0v) is 9.44. The van der Waals surface area contributed by atoms with Crippen LogP contribution in [0.15, 0.2) is 42.0 Å². The molecule has 1 unspecified atom stereocenters. The van der Waals surface area contributed by atoms with E-state index in [2.05, 4.69) is 0 Å².